The van der Waals surface area contributed by atoms with E-state index in [1.165, 1.54) is 6.20 Å². The van der Waals surface area contributed by atoms with E-state index < -0.39 is 17.5 Å². The first-order valence-electron chi connectivity index (χ1n) is 8.22. The van der Waals surface area contributed by atoms with Gasteiger partial charge in [0.25, 0.3) is 5.91 Å². The number of anilines is 2. The molecule has 1 heterocycles. The summed E-state index contributed by atoms with van der Waals surface area (Å²) in [7, 11) is 0. The maximum atomic E-state index is 13.7. The Morgan fingerprint density at radius 1 is 1.04 bits per heavy atom. The van der Waals surface area contributed by atoms with Crippen LogP contribution in [0.15, 0.2) is 60.8 Å². The summed E-state index contributed by atoms with van der Waals surface area (Å²) in [4.78, 5) is 16.3. The molecular weight excluding hydrogens is 372 g/mol. The number of rotatable bonds is 6. The summed E-state index contributed by atoms with van der Waals surface area (Å²) < 4.78 is 26.6. The van der Waals surface area contributed by atoms with E-state index in [-0.39, 0.29) is 11.4 Å². The van der Waals surface area contributed by atoms with Gasteiger partial charge >= 0.3 is 0 Å². The summed E-state index contributed by atoms with van der Waals surface area (Å²) >= 11 is 5.86. The molecule has 138 valence electrons. The van der Waals surface area contributed by atoms with Crippen molar-refractivity contribution >= 4 is 28.9 Å². The highest BCUT2D eigenvalue weighted by Crippen LogP contribution is 2.17. The van der Waals surface area contributed by atoms with Gasteiger partial charge in [0, 0.05) is 29.5 Å². The van der Waals surface area contributed by atoms with Crippen molar-refractivity contribution in [2.45, 2.75) is 6.42 Å². The third-order valence-electron chi connectivity index (χ3n) is 3.83. The van der Waals surface area contributed by atoms with Crippen molar-refractivity contribution in [3.63, 3.8) is 0 Å². The molecule has 0 aliphatic rings. The third kappa shape index (κ3) is 5.24. The molecule has 0 aliphatic heterocycles. The predicted octanol–water partition coefficient (Wildman–Crippen LogP) is 4.92. The van der Waals surface area contributed by atoms with Gasteiger partial charge in [0.15, 0.2) is 0 Å². The molecule has 0 saturated heterocycles. The summed E-state index contributed by atoms with van der Waals surface area (Å²) in [5.74, 6) is -2.14. The van der Waals surface area contributed by atoms with Crippen LogP contribution in [0.1, 0.15) is 16.1 Å². The van der Waals surface area contributed by atoms with Crippen LogP contribution in [0.3, 0.4) is 0 Å². The van der Waals surface area contributed by atoms with Gasteiger partial charge in [-0.2, -0.15) is 0 Å². The van der Waals surface area contributed by atoms with E-state index in [9.17, 15) is 13.6 Å². The highest BCUT2D eigenvalue weighted by atomic mass is 35.5. The number of pyridine rings is 1. The van der Waals surface area contributed by atoms with Crippen LogP contribution in [0, 0.1) is 11.6 Å². The Morgan fingerprint density at radius 2 is 1.81 bits per heavy atom. The largest absolute Gasteiger partial charge is 0.385 e. The van der Waals surface area contributed by atoms with Crippen molar-refractivity contribution < 1.29 is 13.6 Å². The average molecular weight is 388 g/mol. The van der Waals surface area contributed by atoms with E-state index in [4.69, 9.17) is 11.6 Å². The van der Waals surface area contributed by atoms with Gasteiger partial charge in [-0.3, -0.25) is 9.78 Å². The van der Waals surface area contributed by atoms with Gasteiger partial charge in [-0.05, 0) is 48.4 Å². The Labute approximate surface area is 160 Å². The minimum absolute atomic E-state index is 0.107. The lowest BCUT2D eigenvalue weighted by atomic mass is 10.1. The second-order valence-corrected chi connectivity index (χ2v) is 6.25. The summed E-state index contributed by atoms with van der Waals surface area (Å²) in [6.07, 6.45) is 2.27. The van der Waals surface area contributed by atoms with E-state index in [0.29, 0.717) is 23.3 Å². The second-order valence-electron chi connectivity index (χ2n) is 5.81. The molecule has 2 aromatic carbocycles. The molecule has 3 rings (SSSR count). The molecule has 2 N–H and O–H groups in total. The van der Waals surface area contributed by atoms with Crippen molar-refractivity contribution in [2.75, 3.05) is 17.2 Å². The van der Waals surface area contributed by atoms with Crippen molar-refractivity contribution in [3.05, 3.63) is 88.7 Å². The number of amides is 1. The van der Waals surface area contributed by atoms with Crippen LogP contribution in [0.2, 0.25) is 5.02 Å². The fourth-order valence-electron chi connectivity index (χ4n) is 2.44. The zero-order valence-electron chi connectivity index (χ0n) is 14.2. The SMILES string of the molecule is O=C(Nc1ccc(F)cc1F)c1cc(NCCc2ccc(Cl)cc2)ccn1. The van der Waals surface area contributed by atoms with Crippen LogP contribution in [0.5, 0.6) is 0 Å². The fraction of sp³-hybridized carbons (Fsp3) is 0.100. The summed E-state index contributed by atoms with van der Waals surface area (Å²) in [6, 6.07) is 13.8. The lowest BCUT2D eigenvalue weighted by Crippen LogP contribution is -2.15. The average Bonchev–Trinajstić information content (AvgIpc) is 2.66. The van der Waals surface area contributed by atoms with Crippen molar-refractivity contribution in [2.24, 2.45) is 0 Å². The molecule has 0 aliphatic carbocycles. The molecule has 0 bridgehead atoms. The summed E-state index contributed by atoms with van der Waals surface area (Å²) in [6.45, 7) is 0.652. The molecule has 3 aromatic rings. The number of hydrogen-bond acceptors (Lipinski definition) is 3. The number of carbonyl (C=O) groups is 1. The number of aromatic nitrogens is 1. The van der Waals surface area contributed by atoms with Gasteiger partial charge in [0.2, 0.25) is 0 Å². The quantitative estimate of drug-likeness (QED) is 0.631. The van der Waals surface area contributed by atoms with Gasteiger partial charge in [0.1, 0.15) is 17.3 Å². The Bertz CT molecular complexity index is 948. The predicted molar refractivity (Wildman–Crippen MR) is 102 cm³/mol. The molecule has 27 heavy (non-hydrogen) atoms. The van der Waals surface area contributed by atoms with Crippen molar-refractivity contribution in [1.82, 2.24) is 4.98 Å². The maximum absolute atomic E-state index is 13.7. The highest BCUT2D eigenvalue weighted by Gasteiger charge is 2.12. The maximum Gasteiger partial charge on any atom is 0.274 e. The molecule has 7 heteroatoms. The molecule has 0 fully saturated rings. The molecule has 0 unspecified atom stereocenters. The number of hydrogen-bond donors (Lipinski definition) is 2. The zero-order valence-corrected chi connectivity index (χ0v) is 14.9. The number of benzene rings is 2. The number of carbonyl (C=O) groups excluding carboxylic acids is 1. The van der Waals surface area contributed by atoms with Gasteiger partial charge in [-0.25, -0.2) is 8.78 Å². The first kappa shape index (κ1) is 18.8. The lowest BCUT2D eigenvalue weighted by molar-refractivity contribution is 0.102. The molecule has 0 saturated carbocycles. The van der Waals surface area contributed by atoms with E-state index in [0.717, 1.165) is 24.1 Å². The van der Waals surface area contributed by atoms with E-state index in [2.05, 4.69) is 15.6 Å². The van der Waals surface area contributed by atoms with Gasteiger partial charge in [-0.1, -0.05) is 23.7 Å². The third-order valence-corrected chi connectivity index (χ3v) is 4.08. The smallest absolute Gasteiger partial charge is 0.274 e. The molecule has 0 spiro atoms. The second kappa shape index (κ2) is 8.60. The minimum atomic E-state index is -0.847. The van der Waals surface area contributed by atoms with Crippen molar-refractivity contribution in [1.29, 1.82) is 0 Å². The minimum Gasteiger partial charge on any atom is -0.385 e. The fourth-order valence-corrected chi connectivity index (χ4v) is 2.57. The van der Waals surface area contributed by atoms with Crippen molar-refractivity contribution in [3.8, 4) is 0 Å². The zero-order chi connectivity index (χ0) is 19.2. The lowest BCUT2D eigenvalue weighted by Gasteiger charge is -2.09. The van der Waals surface area contributed by atoms with E-state index in [1.54, 1.807) is 12.1 Å². The summed E-state index contributed by atoms with van der Waals surface area (Å²) in [5, 5.41) is 6.28. The first-order valence-corrected chi connectivity index (χ1v) is 8.60. The standard InChI is InChI=1S/C20H16ClF2N3O/c21-14-3-1-13(2-4-14)7-9-24-16-8-10-25-19(12-16)20(27)26-18-6-5-15(22)11-17(18)23/h1-6,8,10-12H,7,9H2,(H,24,25)(H,26,27). The van der Waals surface area contributed by atoms with Gasteiger partial charge < -0.3 is 10.6 Å². The van der Waals surface area contributed by atoms with Crippen LogP contribution in [-0.2, 0) is 6.42 Å². The van der Waals surface area contributed by atoms with Gasteiger partial charge in [0.05, 0.1) is 5.69 Å². The Hall–Kier alpha value is -2.99. The number of nitrogens with one attached hydrogen (secondary N) is 2. The molecule has 1 aromatic heterocycles. The number of halogens is 3. The highest BCUT2D eigenvalue weighted by molar-refractivity contribution is 6.30. The molecule has 1 amide bonds. The summed E-state index contributed by atoms with van der Waals surface area (Å²) in [5.41, 5.74) is 1.86. The van der Waals surface area contributed by atoms with E-state index in [1.807, 2.05) is 24.3 Å². The number of nitrogens with zero attached hydrogens (tertiary/aromatic N) is 1. The normalized spacial score (nSPS) is 10.5. The van der Waals surface area contributed by atoms with Crippen LogP contribution in [0.25, 0.3) is 0 Å². The Kier molecular flexibility index (Phi) is 5.98. The van der Waals surface area contributed by atoms with Crippen LogP contribution in [-0.4, -0.2) is 17.4 Å². The Morgan fingerprint density at radius 3 is 2.56 bits per heavy atom. The first-order chi connectivity index (χ1) is 13.0. The molecule has 0 atom stereocenters. The van der Waals surface area contributed by atoms with Crippen LogP contribution in [0.4, 0.5) is 20.2 Å². The topological polar surface area (TPSA) is 54.0 Å². The molecule has 0 radical (unpaired) electrons. The molecule has 4 nitrogen and oxygen atoms in total. The van der Waals surface area contributed by atoms with Gasteiger partial charge in [-0.15, -0.1) is 0 Å². The monoisotopic (exact) mass is 387 g/mol. The van der Waals surface area contributed by atoms with Crippen LogP contribution < -0.4 is 10.6 Å². The Balaban J connectivity index is 1.60. The molecular formula is C20H16ClF2N3O. The van der Waals surface area contributed by atoms with E-state index >= 15 is 0 Å². The van der Waals surface area contributed by atoms with Crippen LogP contribution >= 0.6 is 11.6 Å².